The molecule has 0 spiro atoms. The zero-order valence-electron chi connectivity index (χ0n) is 12.2. The normalized spacial score (nSPS) is 17.6. The number of aryl methyl sites for hydroxylation is 1. The van der Waals surface area contributed by atoms with Gasteiger partial charge < -0.3 is 15.0 Å². The van der Waals surface area contributed by atoms with Gasteiger partial charge in [0.2, 0.25) is 0 Å². The van der Waals surface area contributed by atoms with Crippen LogP contribution in [0.3, 0.4) is 0 Å². The van der Waals surface area contributed by atoms with Gasteiger partial charge in [-0.25, -0.2) is 9.78 Å². The number of nitrogens with one attached hydrogen (secondary N) is 2. The molecule has 0 radical (unpaired) electrons. The lowest BCUT2D eigenvalue weighted by molar-refractivity contribution is 0.135. The number of hydrogen-bond acceptors (Lipinski definition) is 3. The first-order valence-electron chi connectivity index (χ1n) is 7.66. The zero-order chi connectivity index (χ0) is 14.2. The summed E-state index contributed by atoms with van der Waals surface area (Å²) in [6.07, 6.45) is 11.2. The number of imidazole rings is 1. The highest BCUT2D eigenvalue weighted by atomic mass is 16.5. The monoisotopic (exact) mass is 279 g/mol. The molecule has 0 unspecified atom stereocenters. The van der Waals surface area contributed by atoms with Gasteiger partial charge >= 0.3 is 6.09 Å². The maximum absolute atomic E-state index is 11.7. The summed E-state index contributed by atoms with van der Waals surface area (Å²) in [6.45, 7) is 2.53. The molecule has 0 saturated heterocycles. The van der Waals surface area contributed by atoms with Gasteiger partial charge in [-0.1, -0.05) is 19.3 Å². The summed E-state index contributed by atoms with van der Waals surface area (Å²) in [5, 5.41) is 2.96. The number of carbonyl (C=O) groups excluding carboxylic acids is 1. The van der Waals surface area contributed by atoms with Crippen molar-refractivity contribution in [2.45, 2.75) is 57.9 Å². The summed E-state index contributed by atoms with van der Waals surface area (Å²) >= 11 is 0. The maximum Gasteiger partial charge on any atom is 0.407 e. The highest BCUT2D eigenvalue weighted by Gasteiger charge is 2.21. The number of aromatic nitrogens is 2. The quantitative estimate of drug-likeness (QED) is 0.786. The van der Waals surface area contributed by atoms with Crippen LogP contribution in [0.25, 0.3) is 0 Å². The van der Waals surface area contributed by atoms with E-state index in [0.717, 1.165) is 18.5 Å². The van der Waals surface area contributed by atoms with Crippen molar-refractivity contribution >= 4 is 6.09 Å². The third-order valence-electron chi connectivity index (χ3n) is 4.08. The molecule has 1 saturated carbocycles. The molecule has 5 heteroatoms. The van der Waals surface area contributed by atoms with E-state index in [2.05, 4.69) is 22.2 Å². The molecular weight excluding hydrogens is 254 g/mol. The van der Waals surface area contributed by atoms with Crippen molar-refractivity contribution in [1.82, 2.24) is 15.3 Å². The second kappa shape index (κ2) is 7.92. The van der Waals surface area contributed by atoms with E-state index in [1.807, 2.05) is 0 Å². The fourth-order valence-electron chi connectivity index (χ4n) is 2.83. The Hall–Kier alpha value is -1.52. The fourth-order valence-corrected chi connectivity index (χ4v) is 2.83. The summed E-state index contributed by atoms with van der Waals surface area (Å²) in [4.78, 5) is 18.7. The smallest absolute Gasteiger partial charge is 0.407 e. The molecule has 0 aromatic carbocycles. The summed E-state index contributed by atoms with van der Waals surface area (Å²) in [5.74, 6) is 0.612. The topological polar surface area (TPSA) is 67.0 Å². The third kappa shape index (κ3) is 4.87. The van der Waals surface area contributed by atoms with E-state index < -0.39 is 0 Å². The van der Waals surface area contributed by atoms with Crippen molar-refractivity contribution < 1.29 is 9.53 Å². The molecule has 1 aliphatic rings. The van der Waals surface area contributed by atoms with Crippen LogP contribution in [0.4, 0.5) is 4.79 Å². The van der Waals surface area contributed by atoms with Gasteiger partial charge in [-0.3, -0.25) is 0 Å². The Morgan fingerprint density at radius 2 is 2.30 bits per heavy atom. The zero-order valence-corrected chi connectivity index (χ0v) is 12.2. The van der Waals surface area contributed by atoms with Crippen LogP contribution in [-0.2, 0) is 11.2 Å². The van der Waals surface area contributed by atoms with Gasteiger partial charge in [0.25, 0.3) is 0 Å². The van der Waals surface area contributed by atoms with Gasteiger partial charge in [0.15, 0.2) is 0 Å². The van der Waals surface area contributed by atoms with Gasteiger partial charge in [0.1, 0.15) is 0 Å². The number of nitrogens with zero attached hydrogens (tertiary/aromatic N) is 1. The maximum atomic E-state index is 11.7. The van der Waals surface area contributed by atoms with E-state index in [9.17, 15) is 4.79 Å². The molecule has 5 nitrogen and oxygen atoms in total. The highest BCUT2D eigenvalue weighted by Crippen LogP contribution is 2.26. The lowest BCUT2D eigenvalue weighted by Gasteiger charge is -2.27. The predicted octanol–water partition coefficient (Wildman–Crippen LogP) is 3.04. The standard InChI is InChI=1S/C15H25N3O2/c1-12(13-6-3-2-4-7-13)18-15(19)20-9-5-8-14-10-16-11-17-14/h10-13H,2-9H2,1H3,(H,16,17)(H,18,19)/t12-/m1/s1. The Bertz CT molecular complexity index is 386. The highest BCUT2D eigenvalue weighted by molar-refractivity contribution is 5.67. The van der Waals surface area contributed by atoms with E-state index >= 15 is 0 Å². The summed E-state index contributed by atoms with van der Waals surface area (Å²) in [7, 11) is 0. The van der Waals surface area contributed by atoms with Crippen molar-refractivity contribution in [3.8, 4) is 0 Å². The average molecular weight is 279 g/mol. The van der Waals surface area contributed by atoms with Crippen LogP contribution >= 0.6 is 0 Å². The summed E-state index contributed by atoms with van der Waals surface area (Å²) in [6, 6.07) is 0.218. The molecule has 2 N–H and O–H groups in total. The molecule has 1 aliphatic carbocycles. The van der Waals surface area contributed by atoms with E-state index in [-0.39, 0.29) is 12.1 Å². The van der Waals surface area contributed by atoms with E-state index in [1.165, 1.54) is 32.1 Å². The van der Waals surface area contributed by atoms with E-state index in [0.29, 0.717) is 12.5 Å². The van der Waals surface area contributed by atoms with Gasteiger partial charge in [-0.15, -0.1) is 0 Å². The van der Waals surface area contributed by atoms with E-state index in [4.69, 9.17) is 4.74 Å². The minimum Gasteiger partial charge on any atom is -0.450 e. The minimum atomic E-state index is -0.285. The number of carbonyl (C=O) groups is 1. The largest absolute Gasteiger partial charge is 0.450 e. The Balaban J connectivity index is 1.57. The number of amides is 1. The van der Waals surface area contributed by atoms with Crippen molar-refractivity contribution in [3.05, 3.63) is 18.2 Å². The molecule has 112 valence electrons. The number of H-pyrrole nitrogens is 1. The molecule has 0 aliphatic heterocycles. The van der Waals surface area contributed by atoms with Crippen LogP contribution < -0.4 is 5.32 Å². The second-order valence-corrected chi connectivity index (χ2v) is 5.65. The number of alkyl carbamates (subject to hydrolysis) is 1. The van der Waals surface area contributed by atoms with Gasteiger partial charge in [-0.05, 0) is 38.5 Å². The van der Waals surface area contributed by atoms with Crippen molar-refractivity contribution in [2.75, 3.05) is 6.61 Å². The van der Waals surface area contributed by atoms with Crippen LogP contribution in [0.2, 0.25) is 0 Å². The molecule has 1 fully saturated rings. The van der Waals surface area contributed by atoms with Crippen LogP contribution in [0.1, 0.15) is 51.1 Å². The van der Waals surface area contributed by atoms with Crippen LogP contribution in [0.15, 0.2) is 12.5 Å². The number of rotatable bonds is 6. The summed E-state index contributed by atoms with van der Waals surface area (Å²) < 4.78 is 5.22. The molecule has 0 bridgehead atoms. The first-order valence-corrected chi connectivity index (χ1v) is 7.66. The van der Waals surface area contributed by atoms with Crippen LogP contribution in [0.5, 0.6) is 0 Å². The molecular formula is C15H25N3O2. The van der Waals surface area contributed by atoms with Gasteiger partial charge in [0.05, 0.1) is 12.9 Å². The van der Waals surface area contributed by atoms with E-state index in [1.54, 1.807) is 12.5 Å². The van der Waals surface area contributed by atoms with Crippen molar-refractivity contribution in [3.63, 3.8) is 0 Å². The number of hydrogen-bond donors (Lipinski definition) is 2. The number of aromatic amines is 1. The van der Waals surface area contributed by atoms with Crippen LogP contribution in [-0.4, -0.2) is 28.7 Å². The van der Waals surface area contributed by atoms with Crippen LogP contribution in [0, 0.1) is 5.92 Å². The molecule has 1 heterocycles. The SMILES string of the molecule is C[C@@H](NC(=O)OCCCc1cnc[nH]1)C1CCCCC1. The molecule has 1 atom stereocenters. The first kappa shape index (κ1) is 14.9. The first-order chi connectivity index (χ1) is 9.75. The molecule has 2 rings (SSSR count). The van der Waals surface area contributed by atoms with Crippen molar-refractivity contribution in [1.29, 1.82) is 0 Å². The number of ether oxygens (including phenoxy) is 1. The lowest BCUT2D eigenvalue weighted by Crippen LogP contribution is -2.39. The third-order valence-corrected chi connectivity index (χ3v) is 4.08. The Kier molecular flexibility index (Phi) is 5.89. The fraction of sp³-hybridized carbons (Fsp3) is 0.733. The summed E-state index contributed by atoms with van der Waals surface area (Å²) in [5.41, 5.74) is 1.07. The Morgan fingerprint density at radius 1 is 1.50 bits per heavy atom. The molecule has 20 heavy (non-hydrogen) atoms. The van der Waals surface area contributed by atoms with Gasteiger partial charge in [-0.2, -0.15) is 0 Å². The van der Waals surface area contributed by atoms with Crippen molar-refractivity contribution in [2.24, 2.45) is 5.92 Å². The Labute approximate surface area is 120 Å². The molecule has 1 aromatic rings. The second-order valence-electron chi connectivity index (χ2n) is 5.65. The lowest BCUT2D eigenvalue weighted by atomic mass is 9.85. The minimum absolute atomic E-state index is 0.218. The molecule has 1 amide bonds. The Morgan fingerprint density at radius 3 is 3.00 bits per heavy atom. The predicted molar refractivity (Wildman–Crippen MR) is 77.4 cm³/mol. The molecule has 1 aromatic heterocycles. The van der Waals surface area contributed by atoms with Gasteiger partial charge in [0, 0.05) is 17.9 Å². The average Bonchev–Trinajstić information content (AvgIpc) is 2.98.